The van der Waals surface area contributed by atoms with Crippen LogP contribution in [0.25, 0.3) is 11.4 Å². The third-order valence-corrected chi connectivity index (χ3v) is 6.50. The summed E-state index contributed by atoms with van der Waals surface area (Å²) in [6.07, 6.45) is 4.27. The first-order valence-corrected chi connectivity index (χ1v) is 12.6. The molecule has 36 heavy (non-hydrogen) atoms. The van der Waals surface area contributed by atoms with Crippen LogP contribution >= 0.6 is 0 Å². The van der Waals surface area contributed by atoms with Gasteiger partial charge < -0.3 is 18.8 Å². The number of rotatable bonds is 11. The van der Waals surface area contributed by atoms with Crippen molar-refractivity contribution < 1.29 is 14.2 Å². The average molecular weight is 484 g/mol. The maximum Gasteiger partial charge on any atom is 0.231 e. The van der Waals surface area contributed by atoms with Gasteiger partial charge in [-0.2, -0.15) is 0 Å². The second-order valence-electron chi connectivity index (χ2n) is 9.13. The van der Waals surface area contributed by atoms with Crippen LogP contribution in [0.2, 0.25) is 0 Å². The lowest BCUT2D eigenvalue weighted by atomic mass is 10.1. The van der Waals surface area contributed by atoms with E-state index in [1.165, 1.54) is 16.8 Å². The van der Waals surface area contributed by atoms with E-state index in [9.17, 15) is 0 Å². The number of aromatic nitrogens is 2. The van der Waals surface area contributed by atoms with E-state index in [-0.39, 0.29) is 6.79 Å². The Hall–Kier alpha value is -3.77. The van der Waals surface area contributed by atoms with Crippen LogP contribution in [0.3, 0.4) is 0 Å². The number of ether oxygens (including phenoxy) is 3. The predicted molar refractivity (Wildman–Crippen MR) is 141 cm³/mol. The van der Waals surface area contributed by atoms with Crippen molar-refractivity contribution in [2.45, 2.75) is 45.9 Å². The molecule has 0 aliphatic carbocycles. The third kappa shape index (κ3) is 5.55. The van der Waals surface area contributed by atoms with Crippen LogP contribution < -0.4 is 14.2 Å². The molecule has 5 rings (SSSR count). The molecule has 0 saturated heterocycles. The lowest BCUT2D eigenvalue weighted by Crippen LogP contribution is -2.24. The molecule has 0 spiro atoms. The fourth-order valence-corrected chi connectivity index (χ4v) is 4.61. The highest BCUT2D eigenvalue weighted by molar-refractivity contribution is 5.57. The molecule has 0 radical (unpaired) electrons. The summed E-state index contributed by atoms with van der Waals surface area (Å²) in [5.41, 5.74) is 4.80. The highest BCUT2D eigenvalue weighted by Gasteiger charge is 2.18. The molecule has 3 aromatic carbocycles. The molecule has 4 aromatic rings. The number of hydrogen-bond donors (Lipinski definition) is 0. The third-order valence-electron chi connectivity index (χ3n) is 6.50. The first-order valence-electron chi connectivity index (χ1n) is 12.6. The standard InChI is InChI=1S/C30H33N3O3/c1-3-4-16-33-26(18-31-30(33)25-11-13-27(34-2)14-12-25)21-32(19-23-8-6-5-7-9-23)20-24-10-15-28-29(17-24)36-22-35-28/h5-15,17-18H,3-4,16,19-22H2,1-2H3. The first kappa shape index (κ1) is 23.9. The second kappa shape index (κ2) is 11.3. The number of benzene rings is 3. The van der Waals surface area contributed by atoms with Crippen molar-refractivity contribution in [1.82, 2.24) is 14.5 Å². The van der Waals surface area contributed by atoms with Gasteiger partial charge in [0.2, 0.25) is 6.79 Å². The van der Waals surface area contributed by atoms with Crippen molar-refractivity contribution in [1.29, 1.82) is 0 Å². The minimum absolute atomic E-state index is 0.289. The molecule has 6 heteroatoms. The van der Waals surface area contributed by atoms with Crippen molar-refractivity contribution in [3.63, 3.8) is 0 Å². The fraction of sp³-hybridized carbons (Fsp3) is 0.300. The molecule has 0 atom stereocenters. The Morgan fingerprint density at radius 2 is 1.67 bits per heavy atom. The van der Waals surface area contributed by atoms with Gasteiger partial charge in [-0.1, -0.05) is 49.7 Å². The molecular weight excluding hydrogens is 450 g/mol. The maximum absolute atomic E-state index is 5.63. The number of fused-ring (bicyclic) bond motifs is 1. The molecule has 186 valence electrons. The van der Waals surface area contributed by atoms with Crippen molar-refractivity contribution in [2.75, 3.05) is 13.9 Å². The number of nitrogens with zero attached hydrogens (tertiary/aromatic N) is 3. The van der Waals surface area contributed by atoms with Crippen molar-refractivity contribution in [3.8, 4) is 28.6 Å². The van der Waals surface area contributed by atoms with E-state index in [4.69, 9.17) is 19.2 Å². The smallest absolute Gasteiger partial charge is 0.231 e. The fourth-order valence-electron chi connectivity index (χ4n) is 4.61. The van der Waals surface area contributed by atoms with E-state index in [1.807, 2.05) is 24.4 Å². The summed E-state index contributed by atoms with van der Waals surface area (Å²) in [5.74, 6) is 3.49. The van der Waals surface area contributed by atoms with E-state index in [2.05, 4.69) is 71.0 Å². The van der Waals surface area contributed by atoms with Gasteiger partial charge in [0, 0.05) is 31.7 Å². The van der Waals surface area contributed by atoms with Crippen LogP contribution in [0.5, 0.6) is 17.2 Å². The molecule has 0 saturated carbocycles. The van der Waals surface area contributed by atoms with E-state index in [1.54, 1.807) is 7.11 Å². The Morgan fingerprint density at radius 3 is 2.44 bits per heavy atom. The highest BCUT2D eigenvalue weighted by atomic mass is 16.7. The highest BCUT2D eigenvalue weighted by Crippen LogP contribution is 2.33. The van der Waals surface area contributed by atoms with Crippen molar-refractivity contribution in [3.05, 3.63) is 95.8 Å². The molecule has 0 N–H and O–H groups in total. The van der Waals surface area contributed by atoms with Crippen LogP contribution in [-0.4, -0.2) is 28.4 Å². The summed E-state index contributed by atoms with van der Waals surface area (Å²) in [6.45, 7) is 5.88. The molecular formula is C30H33N3O3. The van der Waals surface area contributed by atoms with E-state index >= 15 is 0 Å². The number of imidazole rings is 1. The largest absolute Gasteiger partial charge is 0.497 e. The molecule has 0 unspecified atom stereocenters. The van der Waals surface area contributed by atoms with Crippen LogP contribution in [0.1, 0.15) is 36.6 Å². The second-order valence-corrected chi connectivity index (χ2v) is 9.13. The quantitative estimate of drug-likeness (QED) is 0.251. The monoisotopic (exact) mass is 483 g/mol. The number of methoxy groups -OCH3 is 1. The zero-order valence-electron chi connectivity index (χ0n) is 21.0. The lowest BCUT2D eigenvalue weighted by molar-refractivity contribution is 0.174. The van der Waals surface area contributed by atoms with Crippen LogP contribution in [0.4, 0.5) is 0 Å². The molecule has 1 aliphatic rings. The summed E-state index contributed by atoms with van der Waals surface area (Å²) in [4.78, 5) is 7.33. The Bertz CT molecular complexity index is 1270. The van der Waals surface area contributed by atoms with Crippen LogP contribution in [0.15, 0.2) is 79.0 Å². The van der Waals surface area contributed by atoms with Gasteiger partial charge in [0.15, 0.2) is 11.5 Å². The van der Waals surface area contributed by atoms with Crippen LogP contribution in [-0.2, 0) is 26.2 Å². The molecule has 0 fully saturated rings. The summed E-state index contributed by atoms with van der Waals surface area (Å²) in [7, 11) is 1.69. The minimum Gasteiger partial charge on any atom is -0.497 e. The summed E-state index contributed by atoms with van der Waals surface area (Å²) in [5, 5.41) is 0. The minimum atomic E-state index is 0.289. The van der Waals surface area contributed by atoms with E-state index in [0.29, 0.717) is 0 Å². The van der Waals surface area contributed by atoms with E-state index in [0.717, 1.165) is 67.7 Å². The van der Waals surface area contributed by atoms with Crippen molar-refractivity contribution in [2.24, 2.45) is 0 Å². The molecule has 6 nitrogen and oxygen atoms in total. The molecule has 2 heterocycles. The summed E-state index contributed by atoms with van der Waals surface area (Å²) >= 11 is 0. The first-order chi connectivity index (χ1) is 17.7. The lowest BCUT2D eigenvalue weighted by Gasteiger charge is -2.24. The number of hydrogen-bond acceptors (Lipinski definition) is 5. The Labute approximate surface area is 213 Å². The van der Waals surface area contributed by atoms with Gasteiger partial charge in [0.25, 0.3) is 0 Å². The summed E-state index contributed by atoms with van der Waals surface area (Å²) < 4.78 is 18.9. The van der Waals surface area contributed by atoms with Gasteiger partial charge in [-0.25, -0.2) is 4.98 Å². The summed E-state index contributed by atoms with van der Waals surface area (Å²) in [6, 6.07) is 25.0. The van der Waals surface area contributed by atoms with Gasteiger partial charge in [0.1, 0.15) is 11.6 Å². The zero-order valence-corrected chi connectivity index (χ0v) is 21.0. The average Bonchev–Trinajstić information content (AvgIpc) is 3.54. The van der Waals surface area contributed by atoms with E-state index < -0.39 is 0 Å². The van der Waals surface area contributed by atoms with Gasteiger partial charge >= 0.3 is 0 Å². The Morgan fingerprint density at radius 1 is 0.889 bits per heavy atom. The molecule has 1 aliphatic heterocycles. The zero-order chi connectivity index (χ0) is 24.7. The Kier molecular flexibility index (Phi) is 7.52. The normalized spacial score (nSPS) is 12.3. The van der Waals surface area contributed by atoms with Gasteiger partial charge in [-0.05, 0) is 53.9 Å². The van der Waals surface area contributed by atoms with Gasteiger partial charge in [-0.3, -0.25) is 4.90 Å². The van der Waals surface area contributed by atoms with Gasteiger partial charge in [-0.15, -0.1) is 0 Å². The van der Waals surface area contributed by atoms with Crippen LogP contribution in [0, 0.1) is 0 Å². The van der Waals surface area contributed by atoms with Gasteiger partial charge in [0.05, 0.1) is 19.0 Å². The molecule has 0 amide bonds. The van der Waals surface area contributed by atoms with Crippen molar-refractivity contribution >= 4 is 0 Å². The predicted octanol–water partition coefficient (Wildman–Crippen LogP) is 6.29. The number of unbranched alkanes of at least 4 members (excludes halogenated alkanes) is 1. The SMILES string of the molecule is CCCCn1c(CN(Cc2ccccc2)Cc2ccc3c(c2)OCO3)cnc1-c1ccc(OC)cc1. The molecule has 0 bridgehead atoms. The molecule has 1 aromatic heterocycles. The maximum atomic E-state index is 5.63. The topological polar surface area (TPSA) is 48.8 Å². The Balaban J connectivity index is 1.43.